The van der Waals surface area contributed by atoms with Gasteiger partial charge in [0.15, 0.2) is 0 Å². The number of carbonyl (C=O) groups is 2. The zero-order valence-electron chi connectivity index (χ0n) is 17.4. The van der Waals surface area contributed by atoms with Crippen LogP contribution in [0.2, 0.25) is 0 Å². The molecule has 0 saturated carbocycles. The van der Waals surface area contributed by atoms with Crippen LogP contribution in [0.3, 0.4) is 0 Å². The van der Waals surface area contributed by atoms with Gasteiger partial charge in [0.05, 0.1) is 19.6 Å². The molecule has 0 spiro atoms. The van der Waals surface area contributed by atoms with Crippen molar-refractivity contribution in [2.45, 2.75) is 70.0 Å². The Hall–Kier alpha value is -1.95. The minimum absolute atomic E-state index is 0.0635. The average molecular weight is 405 g/mol. The molecule has 2 saturated heterocycles. The first kappa shape index (κ1) is 21.8. The second-order valence-corrected chi connectivity index (χ2v) is 8.37. The van der Waals surface area contributed by atoms with Gasteiger partial charge in [-0.25, -0.2) is 4.39 Å². The van der Waals surface area contributed by atoms with Gasteiger partial charge >= 0.3 is 0 Å². The lowest BCUT2D eigenvalue weighted by atomic mass is 10.00. The maximum absolute atomic E-state index is 14.7. The van der Waals surface area contributed by atoms with Gasteiger partial charge in [0.2, 0.25) is 11.6 Å². The van der Waals surface area contributed by atoms with Crippen LogP contribution in [-0.4, -0.2) is 54.7 Å². The van der Waals surface area contributed by atoms with E-state index >= 15 is 0 Å². The van der Waals surface area contributed by atoms with E-state index in [1.54, 1.807) is 0 Å². The van der Waals surface area contributed by atoms with Gasteiger partial charge in [0.1, 0.15) is 0 Å². The highest BCUT2D eigenvalue weighted by Gasteiger charge is 2.43. The van der Waals surface area contributed by atoms with Gasteiger partial charge in [0, 0.05) is 25.6 Å². The molecule has 2 fully saturated rings. The minimum Gasteiger partial charge on any atom is -0.377 e. The molecule has 2 atom stereocenters. The van der Waals surface area contributed by atoms with Crippen molar-refractivity contribution in [1.82, 2.24) is 10.2 Å². The van der Waals surface area contributed by atoms with Crippen LogP contribution in [-0.2, 0) is 27.2 Å². The molecule has 5 nitrogen and oxygen atoms in total. The molecular weight excluding hydrogens is 371 g/mol. The summed E-state index contributed by atoms with van der Waals surface area (Å²) in [5, 5.41) is 2.85. The van der Waals surface area contributed by atoms with E-state index in [9.17, 15) is 14.0 Å². The third-order valence-corrected chi connectivity index (χ3v) is 5.91. The van der Waals surface area contributed by atoms with Crippen molar-refractivity contribution >= 4 is 11.8 Å². The van der Waals surface area contributed by atoms with E-state index in [2.05, 4.69) is 24.4 Å². The van der Waals surface area contributed by atoms with E-state index in [0.29, 0.717) is 19.5 Å². The zero-order chi connectivity index (χ0) is 20.7. The number of ether oxygens (including phenoxy) is 1. The summed E-state index contributed by atoms with van der Waals surface area (Å²) < 4.78 is 19.7. The predicted octanol–water partition coefficient (Wildman–Crippen LogP) is 3.20. The highest BCUT2D eigenvalue weighted by molar-refractivity contribution is 5.86. The fourth-order valence-corrected chi connectivity index (χ4v) is 4.10. The Morgan fingerprint density at radius 1 is 1.21 bits per heavy atom. The molecule has 0 aromatic heterocycles. The number of likely N-dealkylation sites (tertiary alicyclic amines) is 1. The van der Waals surface area contributed by atoms with Crippen LogP contribution in [0.4, 0.5) is 4.39 Å². The first-order valence-electron chi connectivity index (χ1n) is 10.9. The molecule has 2 unspecified atom stereocenters. The number of hydrogen-bond acceptors (Lipinski definition) is 3. The molecule has 2 aliphatic heterocycles. The summed E-state index contributed by atoms with van der Waals surface area (Å²) in [6.07, 6.45) is 6.30. The van der Waals surface area contributed by atoms with Crippen molar-refractivity contribution < 1.29 is 18.7 Å². The van der Waals surface area contributed by atoms with Gasteiger partial charge in [-0.1, -0.05) is 50.5 Å². The largest absolute Gasteiger partial charge is 0.377 e. The van der Waals surface area contributed by atoms with Gasteiger partial charge in [-0.05, 0) is 30.4 Å². The zero-order valence-corrected chi connectivity index (χ0v) is 17.4. The SMILES string of the molecule is CCCc1ccc(CC(=O)N2CCCCCC(NC(=O)C3(F)CCOC3)C2)cc1. The molecule has 1 N–H and O–H groups in total. The second-order valence-electron chi connectivity index (χ2n) is 8.37. The van der Waals surface area contributed by atoms with Gasteiger partial charge in [0.25, 0.3) is 5.91 Å². The lowest BCUT2D eigenvalue weighted by Crippen LogP contribution is -2.53. The summed E-state index contributed by atoms with van der Waals surface area (Å²) in [5.74, 6) is -0.534. The van der Waals surface area contributed by atoms with Crippen molar-refractivity contribution in [3.05, 3.63) is 35.4 Å². The molecule has 3 rings (SSSR count). The van der Waals surface area contributed by atoms with Gasteiger partial charge in [-0.2, -0.15) is 0 Å². The second kappa shape index (κ2) is 10.2. The molecular formula is C23H33FN2O3. The average Bonchev–Trinajstić information content (AvgIpc) is 3.13. The van der Waals surface area contributed by atoms with Gasteiger partial charge in [-0.3, -0.25) is 9.59 Å². The van der Waals surface area contributed by atoms with Crippen LogP contribution in [0.15, 0.2) is 24.3 Å². The van der Waals surface area contributed by atoms with Crippen LogP contribution in [0, 0.1) is 0 Å². The Labute approximate surface area is 173 Å². The molecule has 1 aromatic rings. The Balaban J connectivity index is 1.59. The molecule has 6 heteroatoms. The lowest BCUT2D eigenvalue weighted by molar-refractivity contribution is -0.136. The van der Waals surface area contributed by atoms with Crippen LogP contribution >= 0.6 is 0 Å². The van der Waals surface area contributed by atoms with Crippen LogP contribution in [0.25, 0.3) is 0 Å². The maximum Gasteiger partial charge on any atom is 0.260 e. The highest BCUT2D eigenvalue weighted by atomic mass is 19.1. The van der Waals surface area contributed by atoms with Crippen molar-refractivity contribution in [2.75, 3.05) is 26.3 Å². The summed E-state index contributed by atoms with van der Waals surface area (Å²) in [6.45, 7) is 3.37. The molecule has 0 radical (unpaired) electrons. The number of halogens is 1. The molecule has 2 heterocycles. The fraction of sp³-hybridized carbons (Fsp3) is 0.652. The molecule has 2 amide bonds. The molecule has 29 heavy (non-hydrogen) atoms. The summed E-state index contributed by atoms with van der Waals surface area (Å²) >= 11 is 0. The number of nitrogens with zero attached hydrogens (tertiary/aromatic N) is 1. The van der Waals surface area contributed by atoms with Crippen molar-refractivity contribution in [1.29, 1.82) is 0 Å². The predicted molar refractivity (Wildman–Crippen MR) is 110 cm³/mol. The number of nitrogens with one attached hydrogen (secondary N) is 1. The van der Waals surface area contributed by atoms with E-state index < -0.39 is 11.6 Å². The monoisotopic (exact) mass is 404 g/mol. The van der Waals surface area contributed by atoms with Crippen molar-refractivity contribution in [2.24, 2.45) is 0 Å². The molecule has 1 aromatic carbocycles. The minimum atomic E-state index is -1.93. The van der Waals surface area contributed by atoms with Crippen LogP contribution < -0.4 is 5.32 Å². The topological polar surface area (TPSA) is 58.6 Å². The Morgan fingerprint density at radius 3 is 2.66 bits per heavy atom. The Morgan fingerprint density at radius 2 is 1.97 bits per heavy atom. The third kappa shape index (κ3) is 6.01. The number of rotatable bonds is 6. The van der Waals surface area contributed by atoms with Crippen LogP contribution in [0.1, 0.15) is 56.6 Å². The number of aryl methyl sites for hydroxylation is 1. The summed E-state index contributed by atoms with van der Waals surface area (Å²) in [6, 6.07) is 8.02. The number of amides is 2. The van der Waals surface area contributed by atoms with Crippen molar-refractivity contribution in [3.8, 4) is 0 Å². The number of carbonyl (C=O) groups excluding carboxylic acids is 2. The number of hydrogen-bond donors (Lipinski definition) is 1. The van der Waals surface area contributed by atoms with Gasteiger partial charge in [-0.15, -0.1) is 0 Å². The highest BCUT2D eigenvalue weighted by Crippen LogP contribution is 2.24. The quantitative estimate of drug-likeness (QED) is 0.792. The number of benzene rings is 1. The maximum atomic E-state index is 14.7. The van der Waals surface area contributed by atoms with E-state index in [1.165, 1.54) is 5.56 Å². The third-order valence-electron chi connectivity index (χ3n) is 5.91. The lowest BCUT2D eigenvalue weighted by Gasteiger charge is -2.32. The van der Waals surface area contributed by atoms with Gasteiger partial charge < -0.3 is 15.0 Å². The number of alkyl halides is 1. The Kier molecular flexibility index (Phi) is 7.64. The standard InChI is InChI=1S/C23H33FN2O3/c1-2-6-18-8-10-19(11-9-18)15-21(27)26-13-5-3-4-7-20(16-26)25-22(28)23(24)12-14-29-17-23/h8-11,20H,2-7,12-17H2,1H3,(H,25,28). The van der Waals surface area contributed by atoms with Crippen LogP contribution in [0.5, 0.6) is 0 Å². The van der Waals surface area contributed by atoms with E-state index in [0.717, 1.165) is 44.1 Å². The van der Waals surface area contributed by atoms with E-state index in [1.807, 2.05) is 17.0 Å². The first-order chi connectivity index (χ1) is 14.0. The normalized spacial score (nSPS) is 25.3. The van der Waals surface area contributed by atoms with Crippen molar-refractivity contribution in [3.63, 3.8) is 0 Å². The molecule has 0 aliphatic carbocycles. The first-order valence-corrected chi connectivity index (χ1v) is 10.9. The molecule has 0 bridgehead atoms. The molecule has 160 valence electrons. The summed E-state index contributed by atoms with van der Waals surface area (Å²) in [4.78, 5) is 27.2. The smallest absolute Gasteiger partial charge is 0.260 e. The van der Waals surface area contributed by atoms with E-state index in [4.69, 9.17) is 4.74 Å². The summed E-state index contributed by atoms with van der Waals surface area (Å²) in [7, 11) is 0. The Bertz CT molecular complexity index is 686. The summed E-state index contributed by atoms with van der Waals surface area (Å²) in [5.41, 5.74) is 0.356. The fourth-order valence-electron chi connectivity index (χ4n) is 4.10. The van der Waals surface area contributed by atoms with E-state index in [-0.39, 0.29) is 31.6 Å². The molecule has 2 aliphatic rings.